The van der Waals surface area contributed by atoms with E-state index in [1.807, 2.05) is 47.8 Å². The second kappa shape index (κ2) is 10.3. The molecule has 2 rings (SSSR count). The molecule has 0 aromatic heterocycles. The van der Waals surface area contributed by atoms with Gasteiger partial charge >= 0.3 is 0 Å². The first-order valence-corrected chi connectivity index (χ1v) is 10.4. The molecule has 1 aliphatic heterocycles. The van der Waals surface area contributed by atoms with Crippen LogP contribution in [0.1, 0.15) is 0 Å². The monoisotopic (exact) mass is 403 g/mol. The zero-order valence-electron chi connectivity index (χ0n) is 12.5. The minimum Gasteiger partial charge on any atom is -0.493 e. The number of benzene rings is 1. The van der Waals surface area contributed by atoms with Gasteiger partial charge in [-0.2, -0.15) is 23.5 Å². The number of rotatable bonds is 7. The van der Waals surface area contributed by atoms with Crippen LogP contribution < -0.4 is 10.5 Å². The molecule has 0 unspecified atom stereocenters. The number of nitrogens with two attached hydrogens (primary N) is 1. The Kier molecular flexibility index (Phi) is 8.33. The Morgan fingerprint density at radius 2 is 2.18 bits per heavy atom. The maximum atomic E-state index is 6.01. The molecule has 1 aliphatic rings. The predicted octanol–water partition coefficient (Wildman–Crippen LogP) is 2.92. The average Bonchev–Trinajstić information content (AvgIpc) is 2.54. The highest BCUT2D eigenvalue weighted by atomic mass is 79.9. The van der Waals surface area contributed by atoms with Crippen molar-refractivity contribution in [3.63, 3.8) is 0 Å². The summed E-state index contributed by atoms with van der Waals surface area (Å²) in [6.07, 6.45) is 0. The van der Waals surface area contributed by atoms with Crippen molar-refractivity contribution in [1.29, 1.82) is 0 Å². The van der Waals surface area contributed by atoms with Crippen molar-refractivity contribution in [3.05, 3.63) is 28.7 Å². The van der Waals surface area contributed by atoms with E-state index in [9.17, 15) is 0 Å². The molecule has 0 radical (unpaired) electrons. The summed E-state index contributed by atoms with van der Waals surface area (Å²) in [5, 5.41) is 0. The zero-order valence-corrected chi connectivity index (χ0v) is 15.8. The number of halogens is 1. The van der Waals surface area contributed by atoms with Gasteiger partial charge in [-0.25, -0.2) is 0 Å². The number of hydrogen-bond acceptors (Lipinski definition) is 4. The van der Waals surface area contributed by atoms with E-state index in [1.54, 1.807) is 0 Å². The Morgan fingerprint density at radius 1 is 1.36 bits per heavy atom. The quantitative estimate of drug-likeness (QED) is 0.430. The number of nitrogens with zero attached hydrogens (tertiary/aromatic N) is 2. The van der Waals surface area contributed by atoms with Gasteiger partial charge in [0.25, 0.3) is 0 Å². The Hall–Kier alpha value is -0.530. The van der Waals surface area contributed by atoms with E-state index in [0.717, 1.165) is 52.9 Å². The van der Waals surface area contributed by atoms with E-state index < -0.39 is 0 Å². The van der Waals surface area contributed by atoms with Crippen molar-refractivity contribution in [2.45, 2.75) is 0 Å². The first-order valence-electron chi connectivity index (χ1n) is 7.34. The fourth-order valence-corrected chi connectivity index (χ4v) is 3.90. The molecular weight excluding hydrogens is 382 g/mol. The van der Waals surface area contributed by atoms with Gasteiger partial charge in [-0.3, -0.25) is 4.99 Å². The Morgan fingerprint density at radius 3 is 2.95 bits per heavy atom. The Labute approximate surface area is 149 Å². The van der Waals surface area contributed by atoms with E-state index in [-0.39, 0.29) is 0 Å². The standard InChI is InChI=1S/C15H22BrN3OS2/c16-13-2-1-3-14(12-13)20-7-11-21-8-4-18-15(17)19-5-9-22-10-6-19/h1-3,12H,4-11H2,(H2,17,18). The number of ether oxygens (including phenoxy) is 1. The zero-order chi connectivity index (χ0) is 15.6. The minimum absolute atomic E-state index is 0.700. The van der Waals surface area contributed by atoms with E-state index in [2.05, 4.69) is 25.8 Å². The second-order valence-electron chi connectivity index (χ2n) is 4.76. The molecule has 0 saturated carbocycles. The molecule has 1 fully saturated rings. The van der Waals surface area contributed by atoms with E-state index in [4.69, 9.17) is 10.5 Å². The molecule has 2 N–H and O–H groups in total. The normalized spacial score (nSPS) is 15.9. The minimum atomic E-state index is 0.700. The number of hydrogen-bond donors (Lipinski definition) is 1. The molecule has 22 heavy (non-hydrogen) atoms. The van der Waals surface area contributed by atoms with E-state index in [0.29, 0.717) is 12.6 Å². The number of guanidine groups is 1. The van der Waals surface area contributed by atoms with Crippen LogP contribution in [0.15, 0.2) is 33.7 Å². The fourth-order valence-electron chi connectivity index (χ4n) is 1.99. The summed E-state index contributed by atoms with van der Waals surface area (Å²) in [4.78, 5) is 6.64. The van der Waals surface area contributed by atoms with Crippen LogP contribution in [0, 0.1) is 0 Å². The van der Waals surface area contributed by atoms with Gasteiger partial charge in [0.1, 0.15) is 5.75 Å². The molecule has 4 nitrogen and oxygen atoms in total. The van der Waals surface area contributed by atoms with Gasteiger partial charge in [0.15, 0.2) is 5.96 Å². The summed E-state index contributed by atoms with van der Waals surface area (Å²) in [6, 6.07) is 7.91. The van der Waals surface area contributed by atoms with Crippen molar-refractivity contribution in [3.8, 4) is 5.75 Å². The van der Waals surface area contributed by atoms with Crippen molar-refractivity contribution in [2.75, 3.05) is 49.3 Å². The molecule has 1 heterocycles. The van der Waals surface area contributed by atoms with Gasteiger partial charge in [-0.15, -0.1) is 0 Å². The van der Waals surface area contributed by atoms with Gasteiger partial charge in [0.2, 0.25) is 0 Å². The van der Waals surface area contributed by atoms with E-state index >= 15 is 0 Å². The van der Waals surface area contributed by atoms with Crippen LogP contribution in [0.5, 0.6) is 5.75 Å². The van der Waals surface area contributed by atoms with Crippen LogP contribution in [0.2, 0.25) is 0 Å². The molecule has 0 atom stereocenters. The summed E-state index contributed by atoms with van der Waals surface area (Å²) in [7, 11) is 0. The summed E-state index contributed by atoms with van der Waals surface area (Å²) in [6.45, 7) is 3.53. The fraction of sp³-hybridized carbons (Fsp3) is 0.533. The first kappa shape index (κ1) is 17.8. The third kappa shape index (κ3) is 6.71. The first-order chi connectivity index (χ1) is 10.8. The van der Waals surface area contributed by atoms with Gasteiger partial charge < -0.3 is 15.4 Å². The molecular formula is C15H22BrN3OS2. The lowest BCUT2D eigenvalue weighted by atomic mass is 10.3. The third-order valence-electron chi connectivity index (χ3n) is 3.14. The maximum Gasteiger partial charge on any atom is 0.191 e. The molecule has 1 aromatic carbocycles. The summed E-state index contributed by atoms with van der Waals surface area (Å²) < 4.78 is 6.73. The van der Waals surface area contributed by atoms with Crippen LogP contribution in [0.3, 0.4) is 0 Å². The molecule has 0 amide bonds. The largest absolute Gasteiger partial charge is 0.493 e. The van der Waals surface area contributed by atoms with Crippen LogP contribution in [-0.2, 0) is 0 Å². The van der Waals surface area contributed by atoms with Gasteiger partial charge in [0.05, 0.1) is 13.2 Å². The summed E-state index contributed by atoms with van der Waals surface area (Å²) in [5.41, 5.74) is 6.01. The van der Waals surface area contributed by atoms with E-state index in [1.165, 1.54) is 0 Å². The molecule has 122 valence electrons. The van der Waals surface area contributed by atoms with Crippen LogP contribution in [0.4, 0.5) is 0 Å². The third-order valence-corrected chi connectivity index (χ3v) is 5.50. The lowest BCUT2D eigenvalue weighted by Crippen LogP contribution is -2.42. The Bertz CT molecular complexity index is 482. The number of thioether (sulfide) groups is 2. The highest BCUT2D eigenvalue weighted by Gasteiger charge is 2.11. The number of aliphatic imine (C=N–C) groups is 1. The lowest BCUT2D eigenvalue weighted by molar-refractivity contribution is 0.344. The Balaban J connectivity index is 1.53. The van der Waals surface area contributed by atoms with Crippen LogP contribution >= 0.6 is 39.5 Å². The molecule has 7 heteroatoms. The van der Waals surface area contributed by atoms with Crippen LogP contribution in [0.25, 0.3) is 0 Å². The lowest BCUT2D eigenvalue weighted by Gasteiger charge is -2.27. The summed E-state index contributed by atoms with van der Waals surface area (Å²) >= 11 is 7.26. The molecule has 1 saturated heterocycles. The topological polar surface area (TPSA) is 50.9 Å². The smallest absolute Gasteiger partial charge is 0.191 e. The second-order valence-corrected chi connectivity index (χ2v) is 8.12. The average molecular weight is 404 g/mol. The molecule has 0 aliphatic carbocycles. The molecule has 0 spiro atoms. The van der Waals surface area contributed by atoms with Crippen molar-refractivity contribution >= 4 is 45.4 Å². The molecule has 1 aromatic rings. The summed E-state index contributed by atoms with van der Waals surface area (Å²) in [5.74, 6) is 5.84. The van der Waals surface area contributed by atoms with Crippen molar-refractivity contribution < 1.29 is 4.74 Å². The van der Waals surface area contributed by atoms with Crippen molar-refractivity contribution in [2.24, 2.45) is 10.7 Å². The van der Waals surface area contributed by atoms with Crippen molar-refractivity contribution in [1.82, 2.24) is 4.90 Å². The van der Waals surface area contributed by atoms with Gasteiger partial charge in [-0.1, -0.05) is 22.0 Å². The predicted molar refractivity (Wildman–Crippen MR) is 102 cm³/mol. The highest BCUT2D eigenvalue weighted by molar-refractivity contribution is 9.10. The van der Waals surface area contributed by atoms with Gasteiger partial charge in [-0.05, 0) is 18.2 Å². The maximum absolute atomic E-state index is 6.01. The SMILES string of the molecule is NC(=NCCSCCOc1cccc(Br)c1)N1CCSCC1. The van der Waals surface area contributed by atoms with Gasteiger partial charge in [0, 0.05) is 40.6 Å². The van der Waals surface area contributed by atoms with Crippen LogP contribution in [-0.4, -0.2) is 60.1 Å². The highest BCUT2D eigenvalue weighted by Crippen LogP contribution is 2.17. The molecule has 0 bridgehead atoms.